The molecule has 0 aromatic heterocycles. The Morgan fingerprint density at radius 1 is 1.29 bits per heavy atom. The molecule has 1 aromatic rings. The van der Waals surface area contributed by atoms with Gasteiger partial charge in [-0.05, 0) is 51.4 Å². The molecule has 0 fully saturated rings. The van der Waals surface area contributed by atoms with Gasteiger partial charge in [-0.25, -0.2) is 0 Å². The maximum absolute atomic E-state index is 12.0. The van der Waals surface area contributed by atoms with Crippen LogP contribution in [0.25, 0.3) is 0 Å². The Labute approximate surface area is 155 Å². The topological polar surface area (TPSA) is 38.3 Å². The molecule has 0 spiro atoms. The number of benzene rings is 1. The first-order chi connectivity index (χ1) is 11.3. The molecule has 1 rings (SSSR count). The zero-order chi connectivity index (χ0) is 18.2. The van der Waals surface area contributed by atoms with Crippen LogP contribution in [0, 0.1) is 5.92 Å². The second-order valence-electron chi connectivity index (χ2n) is 7.40. The van der Waals surface area contributed by atoms with E-state index in [0.717, 1.165) is 17.4 Å². The van der Waals surface area contributed by atoms with Gasteiger partial charge in [0.05, 0.1) is 4.47 Å². The van der Waals surface area contributed by atoms with E-state index in [0.29, 0.717) is 11.7 Å². The van der Waals surface area contributed by atoms with E-state index < -0.39 is 0 Å². The van der Waals surface area contributed by atoms with E-state index in [2.05, 4.69) is 68.0 Å². The monoisotopic (exact) mass is 397 g/mol. The fourth-order valence-electron chi connectivity index (χ4n) is 2.48. The molecule has 136 valence electrons. The van der Waals surface area contributed by atoms with Crippen molar-refractivity contribution >= 4 is 21.8 Å². The molecular formula is C20H32BrNO2. The molecular weight excluding hydrogens is 366 g/mol. The Kier molecular flexibility index (Phi) is 8.82. The van der Waals surface area contributed by atoms with Gasteiger partial charge in [-0.2, -0.15) is 0 Å². The number of ether oxygens (including phenoxy) is 1. The number of rotatable bonds is 9. The van der Waals surface area contributed by atoms with Crippen molar-refractivity contribution in [2.45, 2.75) is 65.7 Å². The van der Waals surface area contributed by atoms with Gasteiger partial charge in [0.15, 0.2) is 6.61 Å². The highest BCUT2D eigenvalue weighted by Crippen LogP contribution is 2.31. The van der Waals surface area contributed by atoms with Crippen LogP contribution in [0.2, 0.25) is 0 Å². The van der Waals surface area contributed by atoms with Crippen molar-refractivity contribution in [1.29, 1.82) is 0 Å². The van der Waals surface area contributed by atoms with Crippen molar-refractivity contribution < 1.29 is 9.53 Å². The second-order valence-corrected chi connectivity index (χ2v) is 8.26. The fraction of sp³-hybridized carbons (Fsp3) is 0.650. The summed E-state index contributed by atoms with van der Waals surface area (Å²) in [5, 5.41) is 2.99. The summed E-state index contributed by atoms with van der Waals surface area (Å²) in [6.07, 6.45) is 4.69. The lowest BCUT2D eigenvalue weighted by molar-refractivity contribution is -0.123. The molecule has 1 atom stereocenters. The van der Waals surface area contributed by atoms with Gasteiger partial charge < -0.3 is 10.1 Å². The highest BCUT2D eigenvalue weighted by atomic mass is 79.9. The van der Waals surface area contributed by atoms with Crippen LogP contribution in [0.1, 0.15) is 65.9 Å². The smallest absolute Gasteiger partial charge is 0.257 e. The molecule has 0 aliphatic heterocycles. The van der Waals surface area contributed by atoms with Crippen molar-refractivity contribution in [3.63, 3.8) is 0 Å². The van der Waals surface area contributed by atoms with Gasteiger partial charge in [0.25, 0.3) is 5.91 Å². The largest absolute Gasteiger partial charge is 0.483 e. The Hall–Kier alpha value is -1.03. The molecule has 3 nitrogen and oxygen atoms in total. The van der Waals surface area contributed by atoms with Crippen LogP contribution in [0.15, 0.2) is 22.7 Å². The van der Waals surface area contributed by atoms with Crippen LogP contribution >= 0.6 is 15.9 Å². The van der Waals surface area contributed by atoms with E-state index in [1.54, 1.807) is 0 Å². The summed E-state index contributed by atoms with van der Waals surface area (Å²) in [6.45, 7) is 11.7. The van der Waals surface area contributed by atoms with E-state index in [4.69, 9.17) is 4.74 Å². The van der Waals surface area contributed by atoms with Gasteiger partial charge in [0.2, 0.25) is 0 Å². The van der Waals surface area contributed by atoms with Crippen LogP contribution in [0.5, 0.6) is 5.75 Å². The lowest BCUT2D eigenvalue weighted by Crippen LogP contribution is -2.33. The number of halogens is 1. The van der Waals surface area contributed by atoms with Crippen LogP contribution in [0.3, 0.4) is 0 Å². The predicted molar refractivity (Wildman–Crippen MR) is 105 cm³/mol. The predicted octanol–water partition coefficient (Wildman–Crippen LogP) is 5.46. The fourth-order valence-corrected chi connectivity index (χ4v) is 2.97. The summed E-state index contributed by atoms with van der Waals surface area (Å²) >= 11 is 3.53. The minimum atomic E-state index is -0.0586. The first kappa shape index (κ1) is 21.0. The van der Waals surface area contributed by atoms with E-state index in [1.807, 2.05) is 6.07 Å². The lowest BCUT2D eigenvalue weighted by atomic mass is 9.87. The average Bonchev–Trinajstić information content (AvgIpc) is 2.53. The number of carbonyl (C=O) groups is 1. The third-order valence-corrected chi connectivity index (χ3v) is 4.91. The average molecular weight is 398 g/mol. The molecule has 1 N–H and O–H groups in total. The molecule has 0 unspecified atom stereocenters. The minimum Gasteiger partial charge on any atom is -0.483 e. The van der Waals surface area contributed by atoms with Crippen LogP contribution in [-0.2, 0) is 10.2 Å². The van der Waals surface area contributed by atoms with E-state index in [9.17, 15) is 4.79 Å². The maximum atomic E-state index is 12.0. The normalized spacial score (nSPS) is 12.8. The Balaban J connectivity index is 2.47. The van der Waals surface area contributed by atoms with Crippen molar-refractivity contribution in [2.75, 3.05) is 13.2 Å². The third kappa shape index (κ3) is 7.25. The van der Waals surface area contributed by atoms with Crippen LogP contribution in [0.4, 0.5) is 0 Å². The standard InChI is InChI=1S/C20H32BrNO2/c1-6-8-9-15(7-2)13-22-19(23)14-24-18-11-10-16(12-17(18)21)20(3,4)5/h10-12,15H,6-9,13-14H2,1-5H3,(H,22,23)/t15-/m1/s1. The highest BCUT2D eigenvalue weighted by molar-refractivity contribution is 9.10. The highest BCUT2D eigenvalue weighted by Gasteiger charge is 2.16. The zero-order valence-electron chi connectivity index (χ0n) is 15.7. The minimum absolute atomic E-state index is 0.0533. The molecule has 1 aromatic carbocycles. The van der Waals surface area contributed by atoms with E-state index in [-0.39, 0.29) is 17.9 Å². The van der Waals surface area contributed by atoms with Crippen LogP contribution < -0.4 is 10.1 Å². The summed E-state index contributed by atoms with van der Waals surface area (Å²) < 4.78 is 6.54. The number of unbranched alkanes of at least 4 members (excludes halogenated alkanes) is 1. The van der Waals surface area contributed by atoms with Gasteiger partial charge in [0, 0.05) is 6.54 Å². The third-order valence-electron chi connectivity index (χ3n) is 4.29. The first-order valence-electron chi connectivity index (χ1n) is 8.97. The van der Waals surface area contributed by atoms with Gasteiger partial charge >= 0.3 is 0 Å². The number of nitrogens with one attached hydrogen (secondary N) is 1. The maximum Gasteiger partial charge on any atom is 0.257 e. The summed E-state index contributed by atoms with van der Waals surface area (Å²) in [4.78, 5) is 12.0. The zero-order valence-corrected chi connectivity index (χ0v) is 17.3. The number of hydrogen-bond donors (Lipinski definition) is 1. The summed E-state index contributed by atoms with van der Waals surface area (Å²) in [6, 6.07) is 6.04. The van der Waals surface area contributed by atoms with Gasteiger partial charge in [-0.1, -0.05) is 59.9 Å². The molecule has 0 aliphatic rings. The molecule has 4 heteroatoms. The van der Waals surface area contributed by atoms with Crippen molar-refractivity contribution in [2.24, 2.45) is 5.92 Å². The van der Waals surface area contributed by atoms with Crippen LogP contribution in [-0.4, -0.2) is 19.1 Å². The molecule has 0 saturated carbocycles. The van der Waals surface area contributed by atoms with Gasteiger partial charge in [-0.15, -0.1) is 0 Å². The first-order valence-corrected chi connectivity index (χ1v) is 9.76. The Morgan fingerprint density at radius 2 is 2.00 bits per heavy atom. The Bertz CT molecular complexity index is 523. The number of carbonyl (C=O) groups excluding carboxylic acids is 1. The SMILES string of the molecule is CCCC[C@@H](CC)CNC(=O)COc1ccc(C(C)(C)C)cc1Br. The molecule has 0 heterocycles. The second kappa shape index (κ2) is 10.1. The quantitative estimate of drug-likeness (QED) is 0.600. The summed E-state index contributed by atoms with van der Waals surface area (Å²) in [7, 11) is 0. The van der Waals surface area contributed by atoms with Crippen molar-refractivity contribution in [3.05, 3.63) is 28.2 Å². The van der Waals surface area contributed by atoms with Gasteiger partial charge in [0.1, 0.15) is 5.75 Å². The van der Waals surface area contributed by atoms with E-state index in [1.165, 1.54) is 24.8 Å². The Morgan fingerprint density at radius 3 is 2.54 bits per heavy atom. The molecule has 0 saturated heterocycles. The van der Waals surface area contributed by atoms with Crippen molar-refractivity contribution in [3.8, 4) is 5.75 Å². The number of amides is 1. The molecule has 1 amide bonds. The molecule has 0 radical (unpaired) electrons. The summed E-state index contributed by atoms with van der Waals surface area (Å²) in [5.74, 6) is 1.21. The molecule has 0 aliphatic carbocycles. The summed E-state index contributed by atoms with van der Waals surface area (Å²) in [5.41, 5.74) is 1.32. The van der Waals surface area contributed by atoms with E-state index >= 15 is 0 Å². The lowest BCUT2D eigenvalue weighted by Gasteiger charge is -2.20. The van der Waals surface area contributed by atoms with Gasteiger partial charge in [-0.3, -0.25) is 4.79 Å². The number of hydrogen-bond acceptors (Lipinski definition) is 2. The molecule has 24 heavy (non-hydrogen) atoms. The van der Waals surface area contributed by atoms with Crippen molar-refractivity contribution in [1.82, 2.24) is 5.32 Å². The molecule has 0 bridgehead atoms.